The summed E-state index contributed by atoms with van der Waals surface area (Å²) >= 11 is 0. The van der Waals surface area contributed by atoms with E-state index < -0.39 is 0 Å². The van der Waals surface area contributed by atoms with Crippen LogP contribution in [0.25, 0.3) is 11.3 Å². The van der Waals surface area contributed by atoms with Crippen LogP contribution >= 0.6 is 0 Å². The molecule has 0 atom stereocenters. The molecule has 1 aromatic carbocycles. The number of benzene rings is 1. The Kier molecular flexibility index (Phi) is 2.18. The van der Waals surface area contributed by atoms with Gasteiger partial charge in [0, 0.05) is 18.7 Å². The number of hydrogen-bond donors (Lipinski definition) is 2. The third-order valence-corrected chi connectivity index (χ3v) is 2.96. The van der Waals surface area contributed by atoms with Crippen LogP contribution in [0.5, 0.6) is 5.75 Å². The van der Waals surface area contributed by atoms with Gasteiger partial charge in [-0.15, -0.1) is 0 Å². The molecule has 0 amide bonds. The number of nitrogens with two attached hydrogens (primary N) is 1. The first-order valence-corrected chi connectivity index (χ1v) is 5.53. The second kappa shape index (κ2) is 3.69. The van der Waals surface area contributed by atoms with Crippen molar-refractivity contribution < 1.29 is 4.74 Å². The summed E-state index contributed by atoms with van der Waals surface area (Å²) in [5, 5.41) is 6.82. The maximum absolute atomic E-state index is 5.66. The van der Waals surface area contributed by atoms with Crippen LogP contribution in [-0.2, 0) is 0 Å². The Labute approximate surface area is 99.2 Å². The van der Waals surface area contributed by atoms with E-state index in [4.69, 9.17) is 10.5 Å². The molecule has 0 saturated carbocycles. The molecule has 1 aromatic heterocycles. The van der Waals surface area contributed by atoms with Gasteiger partial charge in [0.1, 0.15) is 18.2 Å². The smallest absolute Gasteiger partial charge is 0.145 e. The minimum Gasteiger partial charge on any atom is -0.490 e. The number of aromatic nitrogens is 2. The number of nitrogen functional groups attached to an aromatic ring is 1. The van der Waals surface area contributed by atoms with E-state index in [0.717, 1.165) is 35.8 Å². The number of H-pyrrole nitrogens is 1. The van der Waals surface area contributed by atoms with Gasteiger partial charge < -0.3 is 15.4 Å². The number of ether oxygens (including phenoxy) is 1. The van der Waals surface area contributed by atoms with Crippen molar-refractivity contribution in [2.45, 2.75) is 0 Å². The van der Waals surface area contributed by atoms with E-state index in [1.807, 2.05) is 18.2 Å². The molecule has 88 valence electrons. The molecule has 3 rings (SSSR count). The first kappa shape index (κ1) is 10.0. The zero-order valence-corrected chi connectivity index (χ0v) is 9.60. The van der Waals surface area contributed by atoms with Gasteiger partial charge in [0.2, 0.25) is 0 Å². The molecule has 0 unspecified atom stereocenters. The molecule has 0 fully saturated rings. The van der Waals surface area contributed by atoms with E-state index in [9.17, 15) is 0 Å². The summed E-state index contributed by atoms with van der Waals surface area (Å²) in [5.74, 6) is 1.40. The molecule has 0 saturated heterocycles. The molecule has 0 radical (unpaired) electrons. The summed E-state index contributed by atoms with van der Waals surface area (Å²) in [4.78, 5) is 2.18. The van der Waals surface area contributed by atoms with Crippen LogP contribution in [0, 0.1) is 0 Å². The van der Waals surface area contributed by atoms with Crippen LogP contribution in [0.1, 0.15) is 0 Å². The van der Waals surface area contributed by atoms with Crippen molar-refractivity contribution in [3.8, 4) is 17.0 Å². The van der Waals surface area contributed by atoms with Gasteiger partial charge in [-0.2, -0.15) is 5.10 Å². The Morgan fingerprint density at radius 1 is 1.41 bits per heavy atom. The maximum Gasteiger partial charge on any atom is 0.145 e. The summed E-state index contributed by atoms with van der Waals surface area (Å²) in [6.45, 7) is 1.64. The number of nitrogens with one attached hydrogen (secondary N) is 1. The molecule has 0 aliphatic carbocycles. The Hall–Kier alpha value is -2.17. The molecule has 1 aliphatic rings. The minimum absolute atomic E-state index is 0.496. The molecule has 0 bridgehead atoms. The highest BCUT2D eigenvalue weighted by atomic mass is 16.5. The molecule has 5 heteroatoms. The number of fused-ring (bicyclic) bond motifs is 1. The fraction of sp³-hybridized carbons (Fsp3) is 0.250. The Bertz CT molecular complexity index is 549. The van der Waals surface area contributed by atoms with Crippen LogP contribution in [-0.4, -0.2) is 30.4 Å². The van der Waals surface area contributed by atoms with Gasteiger partial charge >= 0.3 is 0 Å². The van der Waals surface area contributed by atoms with E-state index in [0.29, 0.717) is 5.82 Å². The largest absolute Gasteiger partial charge is 0.490 e. The van der Waals surface area contributed by atoms with Crippen molar-refractivity contribution in [2.75, 3.05) is 30.8 Å². The third-order valence-electron chi connectivity index (χ3n) is 2.96. The Morgan fingerprint density at radius 3 is 3.06 bits per heavy atom. The predicted octanol–water partition coefficient (Wildman–Crippen LogP) is 1.49. The molecular formula is C12H14N4O. The molecule has 17 heavy (non-hydrogen) atoms. The van der Waals surface area contributed by atoms with Gasteiger partial charge in [-0.25, -0.2) is 0 Å². The normalized spacial score (nSPS) is 14.3. The molecule has 3 N–H and O–H groups in total. The lowest BCUT2D eigenvalue weighted by Gasteiger charge is -2.27. The zero-order valence-electron chi connectivity index (χ0n) is 9.60. The third kappa shape index (κ3) is 1.69. The number of anilines is 2. The van der Waals surface area contributed by atoms with E-state index in [1.54, 1.807) is 0 Å². The van der Waals surface area contributed by atoms with Crippen LogP contribution < -0.4 is 15.4 Å². The molecule has 2 aromatic rings. The fourth-order valence-corrected chi connectivity index (χ4v) is 2.01. The number of hydrogen-bond acceptors (Lipinski definition) is 4. The average Bonchev–Trinajstić information content (AvgIpc) is 2.76. The maximum atomic E-state index is 5.66. The van der Waals surface area contributed by atoms with Crippen molar-refractivity contribution >= 4 is 11.5 Å². The lowest BCUT2D eigenvalue weighted by atomic mass is 10.1. The van der Waals surface area contributed by atoms with Crippen LogP contribution in [0.2, 0.25) is 0 Å². The quantitative estimate of drug-likeness (QED) is 0.778. The number of nitrogens with zero attached hydrogens (tertiary/aromatic N) is 2. The number of aromatic amines is 1. The van der Waals surface area contributed by atoms with E-state index in [-0.39, 0.29) is 0 Å². The van der Waals surface area contributed by atoms with E-state index in [1.165, 1.54) is 0 Å². The summed E-state index contributed by atoms with van der Waals surface area (Å²) < 4.78 is 5.66. The summed E-state index contributed by atoms with van der Waals surface area (Å²) in [5.41, 5.74) is 8.65. The zero-order chi connectivity index (χ0) is 11.8. The fourth-order valence-electron chi connectivity index (χ4n) is 2.01. The number of likely N-dealkylation sites (N-methyl/N-ethyl adjacent to an activating group) is 1. The first-order valence-electron chi connectivity index (χ1n) is 5.53. The van der Waals surface area contributed by atoms with Crippen LogP contribution in [0.4, 0.5) is 11.5 Å². The van der Waals surface area contributed by atoms with Gasteiger partial charge in [-0.1, -0.05) is 6.07 Å². The molecule has 1 aliphatic heterocycles. The highest BCUT2D eigenvalue weighted by Crippen LogP contribution is 2.34. The summed E-state index contributed by atoms with van der Waals surface area (Å²) in [6.07, 6.45) is 0. The van der Waals surface area contributed by atoms with E-state index in [2.05, 4.69) is 28.2 Å². The monoisotopic (exact) mass is 230 g/mol. The molecule has 2 heterocycles. The first-order chi connectivity index (χ1) is 8.24. The average molecular weight is 230 g/mol. The van der Waals surface area contributed by atoms with Gasteiger partial charge in [-0.05, 0) is 12.1 Å². The summed E-state index contributed by atoms with van der Waals surface area (Å²) in [7, 11) is 2.06. The van der Waals surface area contributed by atoms with E-state index >= 15 is 0 Å². The van der Waals surface area contributed by atoms with Crippen molar-refractivity contribution in [2.24, 2.45) is 0 Å². The molecular weight excluding hydrogens is 216 g/mol. The van der Waals surface area contributed by atoms with Gasteiger partial charge in [0.25, 0.3) is 0 Å². The summed E-state index contributed by atoms with van der Waals surface area (Å²) in [6, 6.07) is 7.92. The van der Waals surface area contributed by atoms with Gasteiger partial charge in [-0.3, -0.25) is 5.10 Å². The van der Waals surface area contributed by atoms with Crippen molar-refractivity contribution in [1.29, 1.82) is 0 Å². The Balaban J connectivity index is 2.03. The second-order valence-electron chi connectivity index (χ2n) is 4.16. The highest BCUT2D eigenvalue weighted by Gasteiger charge is 2.15. The SMILES string of the molecule is CN1CCOc2cc(-c3cc(N)n[nH]3)ccc21. The van der Waals surface area contributed by atoms with Crippen LogP contribution in [0.15, 0.2) is 24.3 Å². The minimum atomic E-state index is 0.496. The lowest BCUT2D eigenvalue weighted by molar-refractivity contribution is 0.311. The van der Waals surface area contributed by atoms with Crippen molar-refractivity contribution in [1.82, 2.24) is 10.2 Å². The van der Waals surface area contributed by atoms with Crippen LogP contribution in [0.3, 0.4) is 0 Å². The second-order valence-corrected chi connectivity index (χ2v) is 4.16. The number of rotatable bonds is 1. The standard InChI is InChI=1S/C12H14N4O/c1-16-4-5-17-11-6-8(2-3-10(11)16)9-7-12(13)15-14-9/h2-3,6-7H,4-5H2,1H3,(H3,13,14,15). The predicted molar refractivity (Wildman–Crippen MR) is 67.2 cm³/mol. The van der Waals surface area contributed by atoms with Gasteiger partial charge in [0.15, 0.2) is 0 Å². The van der Waals surface area contributed by atoms with Crippen molar-refractivity contribution in [3.63, 3.8) is 0 Å². The van der Waals surface area contributed by atoms with Crippen molar-refractivity contribution in [3.05, 3.63) is 24.3 Å². The van der Waals surface area contributed by atoms with Gasteiger partial charge in [0.05, 0.1) is 17.9 Å². The Morgan fingerprint density at radius 2 is 2.29 bits per heavy atom. The molecule has 0 spiro atoms. The lowest BCUT2D eigenvalue weighted by Crippen LogP contribution is -2.28. The molecule has 5 nitrogen and oxygen atoms in total. The topological polar surface area (TPSA) is 67.2 Å². The highest BCUT2D eigenvalue weighted by molar-refractivity contribution is 5.71.